The molecule has 9 aromatic rings. The molecule has 9 aromatic carbocycles. The molecule has 250 valence electrons. The molecule has 0 heterocycles. The topological polar surface area (TPSA) is 0 Å². The van der Waals surface area contributed by atoms with Crippen molar-refractivity contribution in [1.82, 2.24) is 0 Å². The second kappa shape index (κ2) is 13.6. The number of aryl methyl sites for hydroxylation is 2. The Morgan fingerprint density at radius 3 is 1.37 bits per heavy atom. The SMILES string of the molecule is CCCc1cc(-c2c3ccccc3c(-c3ccc(-c4cccc5ccccc45)c(CCC)c3)c3ccccc23)ccc1-c1ccc2ccccc2c1. The van der Waals surface area contributed by atoms with Crippen LogP contribution in [0.4, 0.5) is 0 Å². The fourth-order valence-corrected chi connectivity index (χ4v) is 8.56. The van der Waals surface area contributed by atoms with Gasteiger partial charge in [-0.25, -0.2) is 0 Å². The lowest BCUT2D eigenvalue weighted by atomic mass is 9.83. The largest absolute Gasteiger partial charge is 0.0651 e. The fourth-order valence-electron chi connectivity index (χ4n) is 8.56. The minimum absolute atomic E-state index is 1.03. The van der Waals surface area contributed by atoms with Crippen molar-refractivity contribution in [2.24, 2.45) is 0 Å². The highest BCUT2D eigenvalue weighted by Gasteiger charge is 2.19. The maximum Gasteiger partial charge on any atom is -0.00263 e. The van der Waals surface area contributed by atoms with E-state index in [1.807, 2.05) is 0 Å². The Kier molecular flexibility index (Phi) is 8.37. The summed E-state index contributed by atoms with van der Waals surface area (Å²) < 4.78 is 0. The summed E-state index contributed by atoms with van der Waals surface area (Å²) in [6.07, 6.45) is 4.26. The van der Waals surface area contributed by atoms with Crippen molar-refractivity contribution in [3.63, 3.8) is 0 Å². The zero-order valence-corrected chi connectivity index (χ0v) is 30.0. The molecule has 0 atom stereocenters. The van der Waals surface area contributed by atoms with E-state index in [4.69, 9.17) is 0 Å². The van der Waals surface area contributed by atoms with E-state index in [1.54, 1.807) is 0 Å². The van der Waals surface area contributed by atoms with Crippen molar-refractivity contribution in [2.75, 3.05) is 0 Å². The molecule has 0 aliphatic heterocycles. The van der Waals surface area contributed by atoms with Crippen LogP contribution in [-0.2, 0) is 12.8 Å². The highest BCUT2D eigenvalue weighted by Crippen LogP contribution is 2.45. The predicted octanol–water partition coefficient (Wildman–Crippen LogP) is 14.9. The van der Waals surface area contributed by atoms with E-state index in [-0.39, 0.29) is 0 Å². The molecular formula is C52H42. The number of rotatable bonds is 8. The molecule has 0 amide bonds. The summed E-state index contributed by atoms with van der Waals surface area (Å²) in [5, 5.41) is 10.4. The zero-order chi connectivity index (χ0) is 35.0. The van der Waals surface area contributed by atoms with Gasteiger partial charge in [-0.2, -0.15) is 0 Å². The molecule has 0 saturated heterocycles. The van der Waals surface area contributed by atoms with E-state index in [9.17, 15) is 0 Å². The lowest BCUT2D eigenvalue weighted by Gasteiger charge is -2.20. The van der Waals surface area contributed by atoms with Crippen LogP contribution >= 0.6 is 0 Å². The van der Waals surface area contributed by atoms with Crippen LogP contribution in [0.3, 0.4) is 0 Å². The molecule has 0 aliphatic carbocycles. The van der Waals surface area contributed by atoms with E-state index < -0.39 is 0 Å². The van der Waals surface area contributed by atoms with Crippen LogP contribution in [0.15, 0.2) is 170 Å². The maximum atomic E-state index is 2.48. The summed E-state index contributed by atoms with van der Waals surface area (Å²) >= 11 is 0. The number of fused-ring (bicyclic) bond motifs is 4. The van der Waals surface area contributed by atoms with Gasteiger partial charge in [-0.15, -0.1) is 0 Å². The van der Waals surface area contributed by atoms with Gasteiger partial charge in [0, 0.05) is 0 Å². The molecule has 0 N–H and O–H groups in total. The van der Waals surface area contributed by atoms with Crippen molar-refractivity contribution >= 4 is 43.1 Å². The Hall–Kier alpha value is -5.98. The van der Waals surface area contributed by atoms with Crippen molar-refractivity contribution in [1.29, 1.82) is 0 Å². The summed E-state index contributed by atoms with van der Waals surface area (Å²) in [5.74, 6) is 0. The molecule has 0 radical (unpaired) electrons. The van der Waals surface area contributed by atoms with E-state index in [0.29, 0.717) is 0 Å². The standard InChI is InChI=1S/C52H42/c1-3-14-38-33-41(28-30-43(38)40-27-26-35-16-5-6-18-37(35)32-40)51-47-21-9-11-23-49(47)52(50-24-12-10-22-48(50)51)42-29-31-45(39(34-42)15-4-2)46-25-13-19-36-17-7-8-20-44(36)46/h5-13,16-34H,3-4,14-15H2,1-2H3. The van der Waals surface area contributed by atoms with Gasteiger partial charge in [0.25, 0.3) is 0 Å². The zero-order valence-electron chi connectivity index (χ0n) is 30.0. The molecule has 0 nitrogen and oxygen atoms in total. The third kappa shape index (κ3) is 5.56. The highest BCUT2D eigenvalue weighted by molar-refractivity contribution is 6.21. The van der Waals surface area contributed by atoms with Gasteiger partial charge in [0.2, 0.25) is 0 Å². The van der Waals surface area contributed by atoms with Crippen LogP contribution in [0.1, 0.15) is 37.8 Å². The number of hydrogen-bond donors (Lipinski definition) is 0. The van der Waals surface area contributed by atoms with Gasteiger partial charge in [-0.3, -0.25) is 0 Å². The molecule has 0 bridgehead atoms. The van der Waals surface area contributed by atoms with Crippen LogP contribution in [0.25, 0.3) is 87.6 Å². The summed E-state index contributed by atoms with van der Waals surface area (Å²) in [5.41, 5.74) is 13.3. The first-order valence-electron chi connectivity index (χ1n) is 18.9. The van der Waals surface area contributed by atoms with E-state index >= 15 is 0 Å². The molecule has 0 heteroatoms. The van der Waals surface area contributed by atoms with Crippen LogP contribution in [0, 0.1) is 0 Å². The normalized spacial score (nSPS) is 11.6. The summed E-state index contributed by atoms with van der Waals surface area (Å²) in [6, 6.07) is 63.5. The van der Waals surface area contributed by atoms with Crippen molar-refractivity contribution in [2.45, 2.75) is 39.5 Å². The van der Waals surface area contributed by atoms with Crippen LogP contribution in [0.5, 0.6) is 0 Å². The van der Waals surface area contributed by atoms with Gasteiger partial charge >= 0.3 is 0 Å². The molecule has 0 aromatic heterocycles. The van der Waals surface area contributed by atoms with Gasteiger partial charge in [-0.1, -0.05) is 190 Å². The third-order valence-corrected chi connectivity index (χ3v) is 10.9. The lowest BCUT2D eigenvalue weighted by molar-refractivity contribution is 0.924. The molecule has 52 heavy (non-hydrogen) atoms. The van der Waals surface area contributed by atoms with Crippen molar-refractivity contribution in [3.8, 4) is 44.5 Å². The summed E-state index contributed by atoms with van der Waals surface area (Å²) in [6.45, 7) is 4.58. The Morgan fingerprint density at radius 2 is 0.769 bits per heavy atom. The predicted molar refractivity (Wildman–Crippen MR) is 226 cm³/mol. The van der Waals surface area contributed by atoms with E-state index in [0.717, 1.165) is 25.7 Å². The maximum absolute atomic E-state index is 2.48. The van der Waals surface area contributed by atoms with Gasteiger partial charge in [0.15, 0.2) is 0 Å². The van der Waals surface area contributed by atoms with Crippen LogP contribution < -0.4 is 0 Å². The Balaban J connectivity index is 1.24. The Bertz CT molecular complexity index is 2700. The number of hydrogen-bond acceptors (Lipinski definition) is 0. The van der Waals surface area contributed by atoms with Crippen molar-refractivity contribution in [3.05, 3.63) is 181 Å². The summed E-state index contributed by atoms with van der Waals surface area (Å²) in [4.78, 5) is 0. The van der Waals surface area contributed by atoms with Crippen LogP contribution in [0.2, 0.25) is 0 Å². The van der Waals surface area contributed by atoms with Gasteiger partial charge < -0.3 is 0 Å². The lowest BCUT2D eigenvalue weighted by Crippen LogP contribution is -1.96. The monoisotopic (exact) mass is 666 g/mol. The number of benzene rings is 9. The van der Waals surface area contributed by atoms with E-state index in [2.05, 4.69) is 184 Å². The molecular weight excluding hydrogens is 625 g/mol. The van der Waals surface area contributed by atoms with E-state index in [1.165, 1.54) is 98.7 Å². The Labute approximate surface area is 307 Å². The first-order valence-corrected chi connectivity index (χ1v) is 18.9. The van der Waals surface area contributed by atoms with Gasteiger partial charge in [0.1, 0.15) is 0 Å². The average Bonchev–Trinajstić information content (AvgIpc) is 3.20. The van der Waals surface area contributed by atoms with Crippen molar-refractivity contribution < 1.29 is 0 Å². The summed E-state index contributed by atoms with van der Waals surface area (Å²) in [7, 11) is 0. The highest BCUT2D eigenvalue weighted by atomic mass is 14.2. The first kappa shape index (κ1) is 32.0. The first-order chi connectivity index (χ1) is 25.7. The molecule has 0 fully saturated rings. The quantitative estimate of drug-likeness (QED) is 0.142. The second-order valence-electron chi connectivity index (χ2n) is 14.2. The Morgan fingerprint density at radius 1 is 0.308 bits per heavy atom. The van der Waals surface area contributed by atoms with Crippen LogP contribution in [-0.4, -0.2) is 0 Å². The minimum atomic E-state index is 1.03. The third-order valence-electron chi connectivity index (χ3n) is 10.9. The minimum Gasteiger partial charge on any atom is -0.0651 e. The second-order valence-corrected chi connectivity index (χ2v) is 14.2. The molecule has 0 aliphatic rings. The molecule has 0 saturated carbocycles. The van der Waals surface area contributed by atoms with Gasteiger partial charge in [-0.05, 0) is 118 Å². The fraction of sp³-hybridized carbons (Fsp3) is 0.115. The molecule has 9 rings (SSSR count). The average molecular weight is 667 g/mol. The molecule has 0 unspecified atom stereocenters. The smallest absolute Gasteiger partial charge is 0.00263 e. The molecule has 0 spiro atoms. The van der Waals surface area contributed by atoms with Gasteiger partial charge in [0.05, 0.1) is 0 Å².